The molecule has 0 spiro atoms. The van der Waals surface area contributed by atoms with Crippen molar-refractivity contribution < 1.29 is 43.7 Å². The van der Waals surface area contributed by atoms with Crippen molar-refractivity contribution in [1.82, 2.24) is 0 Å². The number of hydrogen-bond donors (Lipinski definition) is 3. The Morgan fingerprint density at radius 1 is 0.875 bits per heavy atom. The third-order valence-corrected chi connectivity index (χ3v) is 4.05. The summed E-state index contributed by atoms with van der Waals surface area (Å²) in [4.78, 5) is 0. The van der Waals surface area contributed by atoms with Crippen LogP contribution in [-0.4, -0.2) is 111 Å². The summed E-state index contributed by atoms with van der Waals surface area (Å²) in [6, 6.07) is 0. The lowest BCUT2D eigenvalue weighted by Gasteiger charge is -2.32. The third kappa shape index (κ3) is 6.17. The maximum atomic E-state index is 10.3. The Hall–Kier alpha value is -0.360. The molecular weight excluding hydrogens is 324 g/mol. The maximum Gasteiger partial charge on any atom is 0.114 e. The smallest absolute Gasteiger partial charge is 0.114 e. The van der Waals surface area contributed by atoms with E-state index in [1.807, 2.05) is 0 Å². The van der Waals surface area contributed by atoms with Gasteiger partial charge < -0.3 is 43.7 Å². The highest BCUT2D eigenvalue weighted by atomic mass is 16.6. The standard InChI is InChI=1S/C15H26O9/c16-1-12(17)14(18)15(24-7-11-5-22-11)13(23-6-10-4-21-10)8-19-2-9-3-20-9/h9-18H,1-8H2. The first kappa shape index (κ1) is 18.4. The summed E-state index contributed by atoms with van der Waals surface area (Å²) in [6.07, 6.45) is -3.93. The van der Waals surface area contributed by atoms with E-state index in [-0.39, 0.29) is 31.5 Å². The van der Waals surface area contributed by atoms with E-state index in [4.69, 9.17) is 33.5 Å². The minimum Gasteiger partial charge on any atom is -0.394 e. The quantitative estimate of drug-likeness (QED) is 0.296. The third-order valence-electron chi connectivity index (χ3n) is 4.05. The molecule has 7 unspecified atom stereocenters. The first-order valence-electron chi connectivity index (χ1n) is 8.30. The predicted octanol–water partition coefficient (Wildman–Crippen LogP) is -2.32. The van der Waals surface area contributed by atoms with Crippen LogP contribution in [0.15, 0.2) is 0 Å². The average molecular weight is 350 g/mol. The van der Waals surface area contributed by atoms with E-state index in [1.54, 1.807) is 0 Å². The topological polar surface area (TPSA) is 126 Å². The molecule has 3 aliphatic rings. The van der Waals surface area contributed by atoms with Crippen LogP contribution >= 0.6 is 0 Å². The van der Waals surface area contributed by atoms with Crippen molar-refractivity contribution in [3.63, 3.8) is 0 Å². The molecule has 9 heteroatoms. The zero-order valence-corrected chi connectivity index (χ0v) is 13.5. The van der Waals surface area contributed by atoms with Crippen molar-refractivity contribution in [3.05, 3.63) is 0 Å². The van der Waals surface area contributed by atoms with Gasteiger partial charge in [-0.05, 0) is 0 Å². The van der Waals surface area contributed by atoms with Crippen LogP contribution in [-0.2, 0) is 28.4 Å². The van der Waals surface area contributed by atoms with Crippen LogP contribution in [0.5, 0.6) is 0 Å². The van der Waals surface area contributed by atoms with Crippen molar-refractivity contribution in [2.75, 3.05) is 52.9 Å². The molecule has 0 amide bonds. The first-order chi connectivity index (χ1) is 11.7. The molecule has 7 atom stereocenters. The summed E-state index contributed by atoms with van der Waals surface area (Å²) in [6.45, 7) is 2.63. The molecule has 3 heterocycles. The lowest BCUT2D eigenvalue weighted by atomic mass is 10.0. The molecule has 0 bridgehead atoms. The summed E-state index contributed by atoms with van der Waals surface area (Å²) in [5, 5.41) is 29.2. The van der Waals surface area contributed by atoms with Gasteiger partial charge in [0.25, 0.3) is 0 Å². The fraction of sp³-hybridized carbons (Fsp3) is 1.00. The van der Waals surface area contributed by atoms with Gasteiger partial charge in [0.1, 0.15) is 42.7 Å². The zero-order valence-electron chi connectivity index (χ0n) is 13.5. The summed E-state index contributed by atoms with van der Waals surface area (Å²) >= 11 is 0. The minimum absolute atomic E-state index is 0.000771. The Labute approximate surface area is 140 Å². The van der Waals surface area contributed by atoms with Gasteiger partial charge in [-0.3, -0.25) is 0 Å². The molecule has 0 aliphatic carbocycles. The average Bonchev–Trinajstić information content (AvgIpc) is 3.44. The molecular formula is C15H26O9. The van der Waals surface area contributed by atoms with Gasteiger partial charge in [-0.15, -0.1) is 0 Å². The van der Waals surface area contributed by atoms with Crippen molar-refractivity contribution >= 4 is 0 Å². The molecule has 3 rings (SSSR count). The highest BCUT2D eigenvalue weighted by Gasteiger charge is 2.38. The molecule has 0 aromatic heterocycles. The summed E-state index contributed by atoms with van der Waals surface area (Å²) < 4.78 is 32.4. The molecule has 140 valence electrons. The lowest BCUT2D eigenvalue weighted by molar-refractivity contribution is -0.171. The predicted molar refractivity (Wildman–Crippen MR) is 78.6 cm³/mol. The van der Waals surface area contributed by atoms with Crippen LogP contribution in [0.4, 0.5) is 0 Å². The van der Waals surface area contributed by atoms with E-state index in [9.17, 15) is 10.2 Å². The van der Waals surface area contributed by atoms with E-state index in [0.29, 0.717) is 33.0 Å². The largest absolute Gasteiger partial charge is 0.394 e. The van der Waals surface area contributed by atoms with Gasteiger partial charge in [0.15, 0.2) is 0 Å². The van der Waals surface area contributed by atoms with Crippen LogP contribution in [0.25, 0.3) is 0 Å². The normalized spacial score (nSPS) is 32.9. The number of aliphatic hydroxyl groups excluding tert-OH is 3. The van der Waals surface area contributed by atoms with Crippen LogP contribution in [0.2, 0.25) is 0 Å². The van der Waals surface area contributed by atoms with E-state index in [0.717, 1.165) is 0 Å². The van der Waals surface area contributed by atoms with Crippen LogP contribution in [0.3, 0.4) is 0 Å². The fourth-order valence-electron chi connectivity index (χ4n) is 2.25. The molecule has 0 aromatic rings. The van der Waals surface area contributed by atoms with Gasteiger partial charge in [-0.2, -0.15) is 0 Å². The lowest BCUT2D eigenvalue weighted by Crippen LogP contribution is -2.50. The van der Waals surface area contributed by atoms with Crippen LogP contribution < -0.4 is 0 Å². The van der Waals surface area contributed by atoms with Gasteiger partial charge >= 0.3 is 0 Å². The van der Waals surface area contributed by atoms with Gasteiger partial charge in [-0.1, -0.05) is 0 Å². The molecule has 3 saturated heterocycles. The Balaban J connectivity index is 1.55. The van der Waals surface area contributed by atoms with E-state index in [2.05, 4.69) is 0 Å². The molecule has 0 aromatic carbocycles. The molecule has 0 radical (unpaired) electrons. The summed E-state index contributed by atoms with van der Waals surface area (Å²) in [5.41, 5.74) is 0. The van der Waals surface area contributed by atoms with Crippen molar-refractivity contribution in [1.29, 1.82) is 0 Å². The van der Waals surface area contributed by atoms with Crippen molar-refractivity contribution in [2.24, 2.45) is 0 Å². The second kappa shape index (κ2) is 8.84. The Morgan fingerprint density at radius 3 is 1.96 bits per heavy atom. The Bertz CT molecular complexity index is 370. The van der Waals surface area contributed by atoms with E-state index < -0.39 is 31.0 Å². The van der Waals surface area contributed by atoms with Crippen LogP contribution in [0.1, 0.15) is 0 Å². The van der Waals surface area contributed by atoms with Gasteiger partial charge in [0.2, 0.25) is 0 Å². The number of hydrogen-bond acceptors (Lipinski definition) is 9. The second-order valence-corrected chi connectivity index (χ2v) is 6.31. The second-order valence-electron chi connectivity index (χ2n) is 6.31. The highest BCUT2D eigenvalue weighted by Crippen LogP contribution is 2.20. The Kier molecular flexibility index (Phi) is 6.79. The fourth-order valence-corrected chi connectivity index (χ4v) is 2.25. The molecule has 3 aliphatic heterocycles. The highest BCUT2D eigenvalue weighted by molar-refractivity contribution is 4.85. The van der Waals surface area contributed by atoms with Crippen molar-refractivity contribution in [3.8, 4) is 0 Å². The molecule has 3 fully saturated rings. The summed E-state index contributed by atoms with van der Waals surface area (Å²) in [5.74, 6) is 0. The first-order valence-corrected chi connectivity index (χ1v) is 8.30. The Morgan fingerprint density at radius 2 is 1.42 bits per heavy atom. The monoisotopic (exact) mass is 350 g/mol. The van der Waals surface area contributed by atoms with Crippen molar-refractivity contribution in [2.45, 2.75) is 42.7 Å². The van der Waals surface area contributed by atoms with Crippen LogP contribution in [0, 0.1) is 0 Å². The zero-order chi connectivity index (χ0) is 16.9. The van der Waals surface area contributed by atoms with E-state index >= 15 is 0 Å². The van der Waals surface area contributed by atoms with Gasteiger partial charge in [-0.25, -0.2) is 0 Å². The molecule has 24 heavy (non-hydrogen) atoms. The SMILES string of the molecule is OCC(O)C(O)C(OCC1CO1)C(COCC1CO1)OCC1CO1. The number of ether oxygens (including phenoxy) is 6. The summed E-state index contributed by atoms with van der Waals surface area (Å²) in [7, 11) is 0. The van der Waals surface area contributed by atoms with Gasteiger partial charge in [0, 0.05) is 0 Å². The molecule has 0 saturated carbocycles. The minimum atomic E-state index is -1.33. The molecule has 3 N–H and O–H groups in total. The maximum absolute atomic E-state index is 10.3. The number of aliphatic hydroxyl groups is 3. The van der Waals surface area contributed by atoms with E-state index in [1.165, 1.54) is 0 Å². The number of epoxide rings is 3. The molecule has 9 nitrogen and oxygen atoms in total. The van der Waals surface area contributed by atoms with Gasteiger partial charge in [0.05, 0.1) is 52.9 Å². The number of rotatable bonds is 14.